The van der Waals surface area contributed by atoms with Gasteiger partial charge in [0.2, 0.25) is 0 Å². The van der Waals surface area contributed by atoms with Crippen LogP contribution >= 0.6 is 0 Å². The summed E-state index contributed by atoms with van der Waals surface area (Å²) in [6.45, 7) is 28.7. The molecule has 0 fully saturated rings. The summed E-state index contributed by atoms with van der Waals surface area (Å²) in [6, 6.07) is 48.2. The molecule has 12 rings (SSSR count). The van der Waals surface area contributed by atoms with Gasteiger partial charge in [-0.2, -0.15) is 0 Å². The Balaban J connectivity index is 1.24. The zero-order valence-corrected chi connectivity index (χ0v) is 41.5. The monoisotopic (exact) mass is 873 g/mol. The molecule has 4 heteroatoms. The van der Waals surface area contributed by atoms with Crippen molar-refractivity contribution in [3.05, 3.63) is 161 Å². The van der Waals surface area contributed by atoms with Crippen LogP contribution in [-0.4, -0.2) is 11.8 Å². The maximum absolute atomic E-state index is 6.75. The molecule has 0 atom stereocenters. The minimum Gasteiger partial charge on any atom is -0.456 e. The molecule has 1 N–H and O–H groups in total. The maximum atomic E-state index is 6.75. The molecule has 9 aromatic rings. The molecule has 0 spiro atoms. The SMILES string of the molecule is CC(C)(C)c1ccc(Nc2cc3c(cc2-c2c4c(c5c6cc(C(C)(C)C)ccc6n6c5c2[B]c2cc5cc(-c7ccccc7)oc5cc2-6)-c2ccccc2C4(C)C)C(C)(C)CCC3(C)C)cc1. The van der Waals surface area contributed by atoms with Gasteiger partial charge in [0.05, 0.1) is 5.52 Å². The van der Waals surface area contributed by atoms with Crippen molar-refractivity contribution in [1.29, 1.82) is 0 Å². The Hall–Kier alpha value is -6.26. The summed E-state index contributed by atoms with van der Waals surface area (Å²) in [7, 11) is 2.53. The molecular formula is C63H62BN2O. The van der Waals surface area contributed by atoms with E-state index in [1.165, 1.54) is 88.4 Å². The van der Waals surface area contributed by atoms with Gasteiger partial charge in [-0.25, -0.2) is 0 Å². The standard InChI is InChI=1S/C63H62BN2O/c1-59(2,3)38-22-25-40(26-23-38)65-48-34-46-45(61(7,8)28-29-62(46,9)10)33-42(48)55-56-53(41-20-16-17-21-44(41)63(56,11)12)54-43-32-39(60(4,5)6)24-27-49(43)66-50-35-52-37(30-47(50)64-57(55)58(54)66)31-51(67-52)36-18-14-13-15-19-36/h13-27,30-35,65H,28-29H2,1-12H3. The van der Waals surface area contributed by atoms with Crippen molar-refractivity contribution in [3.63, 3.8) is 0 Å². The van der Waals surface area contributed by atoms with Crippen molar-refractivity contribution < 1.29 is 4.42 Å². The lowest BCUT2D eigenvalue weighted by molar-refractivity contribution is 0.332. The molecule has 0 amide bonds. The fraction of sp³-hybridized carbons (Fsp3) is 0.302. The molecular weight excluding hydrogens is 812 g/mol. The molecule has 3 aliphatic rings. The highest BCUT2D eigenvalue weighted by Crippen LogP contribution is 2.58. The first-order valence-corrected chi connectivity index (χ1v) is 24.5. The molecule has 2 aliphatic carbocycles. The third-order valence-corrected chi connectivity index (χ3v) is 16.2. The van der Waals surface area contributed by atoms with E-state index in [0.717, 1.165) is 52.2 Å². The first kappa shape index (κ1) is 42.1. The summed E-state index contributed by atoms with van der Waals surface area (Å²) in [6.07, 6.45) is 2.29. The number of nitrogens with zero attached hydrogens (tertiary/aromatic N) is 1. The van der Waals surface area contributed by atoms with Crippen molar-refractivity contribution in [2.75, 3.05) is 5.32 Å². The number of benzene rings is 7. The summed E-state index contributed by atoms with van der Waals surface area (Å²) < 4.78 is 9.34. The normalized spacial score (nSPS) is 16.4. The fourth-order valence-corrected chi connectivity index (χ4v) is 12.2. The molecule has 1 radical (unpaired) electrons. The second-order valence-electron chi connectivity index (χ2n) is 24.0. The zero-order valence-electron chi connectivity index (χ0n) is 41.5. The minimum atomic E-state index is -0.300. The van der Waals surface area contributed by atoms with Crippen LogP contribution < -0.4 is 16.2 Å². The van der Waals surface area contributed by atoms with Crippen LogP contribution in [0.2, 0.25) is 0 Å². The molecule has 0 unspecified atom stereocenters. The first-order chi connectivity index (χ1) is 31.7. The van der Waals surface area contributed by atoms with Gasteiger partial charge >= 0.3 is 0 Å². The second-order valence-corrected chi connectivity index (χ2v) is 24.0. The third-order valence-electron chi connectivity index (χ3n) is 16.2. The molecule has 3 heterocycles. The van der Waals surface area contributed by atoms with Crippen LogP contribution in [0.4, 0.5) is 11.4 Å². The smallest absolute Gasteiger partial charge is 0.197 e. The highest BCUT2D eigenvalue weighted by atomic mass is 16.3. The predicted molar refractivity (Wildman–Crippen MR) is 286 cm³/mol. The van der Waals surface area contributed by atoms with Crippen LogP contribution in [-0.2, 0) is 27.1 Å². The predicted octanol–water partition coefficient (Wildman–Crippen LogP) is 15.8. The highest BCUT2D eigenvalue weighted by Gasteiger charge is 2.45. The largest absolute Gasteiger partial charge is 0.456 e. The van der Waals surface area contributed by atoms with Crippen molar-refractivity contribution in [3.8, 4) is 39.3 Å². The van der Waals surface area contributed by atoms with Crippen molar-refractivity contribution >= 4 is 62.4 Å². The average molecular weight is 874 g/mol. The molecule has 1 aliphatic heterocycles. The quantitative estimate of drug-likeness (QED) is 0.179. The van der Waals surface area contributed by atoms with Gasteiger partial charge in [0.15, 0.2) is 7.28 Å². The van der Waals surface area contributed by atoms with E-state index in [1.54, 1.807) is 0 Å². The van der Waals surface area contributed by atoms with Gasteiger partial charge < -0.3 is 14.3 Å². The Morgan fingerprint density at radius 2 is 1.27 bits per heavy atom. The number of anilines is 2. The number of aromatic nitrogens is 1. The van der Waals surface area contributed by atoms with Crippen LogP contribution in [0, 0.1) is 0 Å². The molecule has 3 nitrogen and oxygen atoms in total. The Labute approximate surface area is 397 Å². The van der Waals surface area contributed by atoms with Gasteiger partial charge in [-0.3, -0.25) is 0 Å². The third kappa shape index (κ3) is 6.24. The van der Waals surface area contributed by atoms with Crippen LogP contribution in [0.3, 0.4) is 0 Å². The van der Waals surface area contributed by atoms with Crippen LogP contribution in [0.15, 0.2) is 132 Å². The van der Waals surface area contributed by atoms with Gasteiger partial charge in [0.1, 0.15) is 11.3 Å². The Morgan fingerprint density at radius 3 is 1.97 bits per heavy atom. The second kappa shape index (κ2) is 13.9. The lowest BCUT2D eigenvalue weighted by Gasteiger charge is -2.43. The van der Waals surface area contributed by atoms with E-state index < -0.39 is 0 Å². The zero-order chi connectivity index (χ0) is 46.7. The number of hydrogen-bond donors (Lipinski definition) is 1. The van der Waals surface area contributed by atoms with E-state index in [0.29, 0.717) is 0 Å². The number of fused-ring (bicyclic) bond motifs is 11. The van der Waals surface area contributed by atoms with Gasteiger partial charge in [-0.15, -0.1) is 0 Å². The van der Waals surface area contributed by atoms with E-state index in [9.17, 15) is 0 Å². The molecule has 0 saturated carbocycles. The lowest BCUT2D eigenvalue weighted by Crippen LogP contribution is -2.39. The summed E-state index contributed by atoms with van der Waals surface area (Å²) >= 11 is 0. The topological polar surface area (TPSA) is 30.1 Å². The van der Waals surface area contributed by atoms with Crippen LogP contribution in [0.5, 0.6) is 0 Å². The molecule has 7 aromatic carbocycles. The lowest BCUT2D eigenvalue weighted by atomic mass is 9.56. The number of hydrogen-bond acceptors (Lipinski definition) is 2. The summed E-state index contributed by atoms with van der Waals surface area (Å²) in [5.74, 6) is 0.886. The molecule has 0 bridgehead atoms. The molecule has 0 saturated heterocycles. The van der Waals surface area contributed by atoms with Gasteiger partial charge in [0.25, 0.3) is 0 Å². The Kier molecular flexibility index (Phi) is 8.75. The van der Waals surface area contributed by atoms with Crippen LogP contribution in [0.25, 0.3) is 72.0 Å². The fourth-order valence-electron chi connectivity index (χ4n) is 12.2. The highest BCUT2D eigenvalue weighted by molar-refractivity contribution is 6.74. The molecule has 2 aromatic heterocycles. The first-order valence-electron chi connectivity index (χ1n) is 24.5. The van der Waals surface area contributed by atoms with Gasteiger partial charge in [0, 0.05) is 61.3 Å². The van der Waals surface area contributed by atoms with E-state index in [2.05, 4.69) is 228 Å². The van der Waals surface area contributed by atoms with E-state index in [4.69, 9.17) is 4.42 Å². The van der Waals surface area contributed by atoms with E-state index >= 15 is 0 Å². The minimum absolute atomic E-state index is 0.00734. The summed E-state index contributed by atoms with van der Waals surface area (Å²) in [4.78, 5) is 0. The number of furan rings is 1. The molecule has 67 heavy (non-hydrogen) atoms. The van der Waals surface area contributed by atoms with Crippen LogP contribution in [0.1, 0.15) is 129 Å². The van der Waals surface area contributed by atoms with E-state index in [-0.39, 0.29) is 27.1 Å². The summed E-state index contributed by atoms with van der Waals surface area (Å²) in [5, 5.41) is 7.86. The Morgan fingerprint density at radius 1 is 0.612 bits per heavy atom. The molecule has 333 valence electrons. The van der Waals surface area contributed by atoms with E-state index in [1.807, 2.05) is 0 Å². The van der Waals surface area contributed by atoms with Crippen molar-refractivity contribution in [2.45, 2.75) is 123 Å². The summed E-state index contributed by atoms with van der Waals surface area (Å²) in [5.41, 5.74) is 23.8. The van der Waals surface area contributed by atoms with Gasteiger partial charge in [-0.1, -0.05) is 167 Å². The average Bonchev–Trinajstić information content (AvgIpc) is 3.93. The number of nitrogens with one attached hydrogen (secondary N) is 1. The Bertz CT molecular complexity index is 3540. The van der Waals surface area contributed by atoms with Crippen molar-refractivity contribution in [2.24, 2.45) is 0 Å². The maximum Gasteiger partial charge on any atom is 0.197 e. The van der Waals surface area contributed by atoms with Gasteiger partial charge in [-0.05, 0) is 133 Å². The van der Waals surface area contributed by atoms with Crippen molar-refractivity contribution in [1.82, 2.24) is 4.57 Å². The number of rotatable bonds is 4.